The topological polar surface area (TPSA) is 63.7 Å². The Hall–Kier alpha value is -0.970. The van der Waals surface area contributed by atoms with Crippen molar-refractivity contribution in [1.82, 2.24) is 20.6 Å². The van der Waals surface area contributed by atoms with Gasteiger partial charge in [0.15, 0.2) is 5.82 Å². The van der Waals surface area contributed by atoms with Gasteiger partial charge in [0.2, 0.25) is 0 Å². The van der Waals surface area contributed by atoms with Gasteiger partial charge in [-0.3, -0.25) is 0 Å². The fourth-order valence-corrected chi connectivity index (χ4v) is 2.00. The molecule has 1 aromatic rings. The summed E-state index contributed by atoms with van der Waals surface area (Å²) in [5, 5.41) is 14.1. The van der Waals surface area contributed by atoms with Crippen molar-refractivity contribution < 1.29 is 4.74 Å². The Bertz CT molecular complexity index is 249. The van der Waals surface area contributed by atoms with Gasteiger partial charge in [-0.1, -0.05) is 18.1 Å². The summed E-state index contributed by atoms with van der Waals surface area (Å²) in [6.07, 6.45) is 4.96. The van der Waals surface area contributed by atoms with Crippen LogP contribution in [-0.4, -0.2) is 33.8 Å². The first-order chi connectivity index (χ1) is 6.42. The summed E-state index contributed by atoms with van der Waals surface area (Å²) < 4.78 is 5.41. The lowest BCUT2D eigenvalue weighted by Crippen LogP contribution is -2.25. The molecular formula is C8H14N4O. The second kappa shape index (κ2) is 3.83. The minimum absolute atomic E-state index is 0.270. The van der Waals surface area contributed by atoms with Gasteiger partial charge in [0.25, 0.3) is 0 Å². The molecule has 1 aliphatic carbocycles. The first kappa shape index (κ1) is 8.62. The summed E-state index contributed by atoms with van der Waals surface area (Å²) in [6, 6.07) is 0. The van der Waals surface area contributed by atoms with Crippen LogP contribution in [0.3, 0.4) is 0 Å². The molecule has 0 bridgehead atoms. The van der Waals surface area contributed by atoms with Gasteiger partial charge in [0, 0.05) is 13.0 Å². The number of nitrogens with one attached hydrogen (secondary N) is 1. The number of methoxy groups -OCH3 is 1. The van der Waals surface area contributed by atoms with Gasteiger partial charge in [-0.2, -0.15) is 5.21 Å². The average molecular weight is 182 g/mol. The third-order valence-corrected chi connectivity index (χ3v) is 2.70. The number of ether oxygens (including phenoxy) is 1. The summed E-state index contributed by atoms with van der Waals surface area (Å²) in [7, 11) is 1.75. The highest BCUT2D eigenvalue weighted by Gasteiger charge is 2.29. The van der Waals surface area contributed by atoms with Crippen LogP contribution < -0.4 is 0 Å². The van der Waals surface area contributed by atoms with E-state index in [9.17, 15) is 0 Å². The van der Waals surface area contributed by atoms with Crippen molar-refractivity contribution in [3.05, 3.63) is 5.82 Å². The molecule has 1 saturated carbocycles. The monoisotopic (exact) mass is 182 g/mol. The molecule has 72 valence electrons. The normalized spacial score (nSPS) is 29.0. The number of aromatic nitrogens is 4. The average Bonchev–Trinajstić information content (AvgIpc) is 2.70. The van der Waals surface area contributed by atoms with Crippen LogP contribution >= 0.6 is 0 Å². The molecule has 0 aromatic carbocycles. The summed E-state index contributed by atoms with van der Waals surface area (Å²) in [5.41, 5.74) is 0. The minimum Gasteiger partial charge on any atom is -0.381 e. The minimum atomic E-state index is 0.270. The molecule has 13 heavy (non-hydrogen) atoms. The van der Waals surface area contributed by atoms with Crippen molar-refractivity contribution in [2.45, 2.75) is 37.7 Å². The number of rotatable bonds is 2. The number of H-pyrrole nitrogens is 1. The van der Waals surface area contributed by atoms with Crippen LogP contribution in [-0.2, 0) is 4.74 Å². The van der Waals surface area contributed by atoms with Crippen LogP contribution in [0.2, 0.25) is 0 Å². The van der Waals surface area contributed by atoms with Gasteiger partial charge in [-0.25, -0.2) is 0 Å². The molecule has 0 amide bonds. The van der Waals surface area contributed by atoms with Crippen LogP contribution in [0.4, 0.5) is 0 Å². The molecule has 5 heteroatoms. The van der Waals surface area contributed by atoms with Crippen molar-refractivity contribution in [3.63, 3.8) is 0 Å². The standard InChI is InChI=1S/C8H14N4O/c1-13-7-5-3-2-4-6(7)8-9-11-12-10-8/h6-7H,2-5H2,1H3,(H,9,10,11,12). The molecule has 0 radical (unpaired) electrons. The van der Waals surface area contributed by atoms with Crippen LogP contribution in [0.1, 0.15) is 37.4 Å². The molecule has 2 unspecified atom stereocenters. The number of aromatic amines is 1. The second-order valence-corrected chi connectivity index (χ2v) is 3.44. The molecule has 1 heterocycles. The summed E-state index contributed by atoms with van der Waals surface area (Å²) in [4.78, 5) is 0. The van der Waals surface area contributed by atoms with E-state index in [1.807, 2.05) is 0 Å². The molecule has 2 atom stereocenters. The molecule has 5 nitrogen and oxygen atoms in total. The van der Waals surface area contributed by atoms with E-state index in [0.717, 1.165) is 18.7 Å². The van der Waals surface area contributed by atoms with Gasteiger partial charge in [-0.05, 0) is 12.8 Å². The Labute approximate surface area is 76.9 Å². The van der Waals surface area contributed by atoms with E-state index in [0.29, 0.717) is 5.92 Å². The lowest BCUT2D eigenvalue weighted by atomic mass is 9.86. The Morgan fingerprint density at radius 1 is 1.38 bits per heavy atom. The maximum atomic E-state index is 5.41. The lowest BCUT2D eigenvalue weighted by molar-refractivity contribution is 0.0497. The van der Waals surface area contributed by atoms with Crippen LogP contribution in [0, 0.1) is 0 Å². The fourth-order valence-electron chi connectivity index (χ4n) is 2.00. The van der Waals surface area contributed by atoms with Crippen molar-refractivity contribution in [3.8, 4) is 0 Å². The van der Waals surface area contributed by atoms with E-state index in [-0.39, 0.29) is 6.10 Å². The predicted molar refractivity (Wildman–Crippen MR) is 46.2 cm³/mol. The van der Waals surface area contributed by atoms with Crippen molar-refractivity contribution >= 4 is 0 Å². The fraction of sp³-hybridized carbons (Fsp3) is 0.875. The molecular weight excluding hydrogens is 168 g/mol. The van der Waals surface area contributed by atoms with E-state index in [1.165, 1.54) is 12.8 Å². The summed E-state index contributed by atoms with van der Waals surface area (Å²) >= 11 is 0. The van der Waals surface area contributed by atoms with Gasteiger partial charge >= 0.3 is 0 Å². The van der Waals surface area contributed by atoms with Gasteiger partial charge < -0.3 is 4.74 Å². The molecule has 2 rings (SSSR count). The van der Waals surface area contributed by atoms with Gasteiger partial charge in [-0.15, -0.1) is 10.2 Å². The third-order valence-electron chi connectivity index (χ3n) is 2.70. The summed E-state index contributed by atoms with van der Waals surface area (Å²) in [5.74, 6) is 1.13. The Morgan fingerprint density at radius 3 is 2.92 bits per heavy atom. The van der Waals surface area contributed by atoms with Gasteiger partial charge in [0.05, 0.1) is 6.10 Å². The molecule has 0 spiro atoms. The molecule has 1 aliphatic rings. The smallest absolute Gasteiger partial charge is 0.180 e. The largest absolute Gasteiger partial charge is 0.381 e. The first-order valence-electron chi connectivity index (χ1n) is 4.68. The summed E-state index contributed by atoms with van der Waals surface area (Å²) in [6.45, 7) is 0. The molecule has 1 aromatic heterocycles. The van der Waals surface area contributed by atoms with Crippen molar-refractivity contribution in [2.75, 3.05) is 7.11 Å². The predicted octanol–water partition coefficient (Wildman–Crippen LogP) is 0.872. The quantitative estimate of drug-likeness (QED) is 0.737. The maximum Gasteiger partial charge on any atom is 0.180 e. The van der Waals surface area contributed by atoms with E-state index in [2.05, 4.69) is 20.6 Å². The number of hydrogen-bond acceptors (Lipinski definition) is 4. The van der Waals surface area contributed by atoms with Crippen LogP contribution in [0.15, 0.2) is 0 Å². The van der Waals surface area contributed by atoms with E-state index in [4.69, 9.17) is 4.74 Å². The Kier molecular flexibility index (Phi) is 2.54. The third kappa shape index (κ3) is 1.70. The SMILES string of the molecule is COC1CCCCC1c1nn[nH]n1. The highest BCUT2D eigenvalue weighted by atomic mass is 16.5. The molecule has 1 N–H and O–H groups in total. The highest BCUT2D eigenvalue weighted by Crippen LogP contribution is 2.32. The van der Waals surface area contributed by atoms with Crippen LogP contribution in [0.5, 0.6) is 0 Å². The van der Waals surface area contributed by atoms with Crippen molar-refractivity contribution in [1.29, 1.82) is 0 Å². The zero-order chi connectivity index (χ0) is 9.10. The van der Waals surface area contributed by atoms with E-state index in [1.54, 1.807) is 7.11 Å². The van der Waals surface area contributed by atoms with E-state index >= 15 is 0 Å². The van der Waals surface area contributed by atoms with E-state index < -0.39 is 0 Å². The number of hydrogen-bond donors (Lipinski definition) is 1. The molecule has 0 aliphatic heterocycles. The maximum absolute atomic E-state index is 5.41. The zero-order valence-electron chi connectivity index (χ0n) is 7.73. The Balaban J connectivity index is 2.11. The highest BCUT2D eigenvalue weighted by molar-refractivity contribution is 4.97. The van der Waals surface area contributed by atoms with Gasteiger partial charge in [0.1, 0.15) is 0 Å². The molecule has 1 fully saturated rings. The first-order valence-corrected chi connectivity index (χ1v) is 4.68. The Morgan fingerprint density at radius 2 is 2.23 bits per heavy atom. The number of nitrogens with zero attached hydrogens (tertiary/aromatic N) is 3. The second-order valence-electron chi connectivity index (χ2n) is 3.44. The zero-order valence-corrected chi connectivity index (χ0v) is 7.73. The molecule has 0 saturated heterocycles. The number of tetrazole rings is 1. The van der Waals surface area contributed by atoms with Crippen LogP contribution in [0.25, 0.3) is 0 Å². The lowest BCUT2D eigenvalue weighted by Gasteiger charge is -2.27. The van der Waals surface area contributed by atoms with Crippen molar-refractivity contribution in [2.24, 2.45) is 0 Å².